The van der Waals surface area contributed by atoms with Gasteiger partial charge < -0.3 is 29.5 Å². The zero-order valence-electron chi connectivity index (χ0n) is 21.5. The van der Waals surface area contributed by atoms with Crippen LogP contribution in [-0.4, -0.2) is 47.0 Å². The van der Waals surface area contributed by atoms with Crippen molar-refractivity contribution in [3.05, 3.63) is 51.1 Å². The lowest BCUT2D eigenvalue weighted by Crippen LogP contribution is -2.09. The summed E-state index contributed by atoms with van der Waals surface area (Å²) in [5, 5.41) is 41.1. The first-order valence-corrected chi connectivity index (χ1v) is 12.2. The van der Waals surface area contributed by atoms with Crippen molar-refractivity contribution in [1.29, 1.82) is 0 Å². The molecule has 0 radical (unpaired) electrons. The van der Waals surface area contributed by atoms with Gasteiger partial charge >= 0.3 is 11.7 Å². The lowest BCUT2D eigenvalue weighted by atomic mass is 10.0. The van der Waals surface area contributed by atoms with Crippen LogP contribution in [0.15, 0.2) is 24.3 Å². The van der Waals surface area contributed by atoms with Crippen molar-refractivity contribution in [1.82, 2.24) is 0 Å². The molecule has 0 aliphatic rings. The number of benzene rings is 2. The van der Waals surface area contributed by atoms with Crippen molar-refractivity contribution in [2.24, 2.45) is 0 Å². The molecule has 0 amide bonds. The number of hydrogen-bond donors (Lipinski definition) is 3. The number of rotatable bonds is 15. The monoisotopic (exact) mass is 517 g/mol. The van der Waals surface area contributed by atoms with Gasteiger partial charge in [-0.15, -0.1) is 0 Å². The molecule has 0 aromatic heterocycles. The van der Waals surface area contributed by atoms with Gasteiger partial charge in [0.1, 0.15) is 0 Å². The molecule has 0 fully saturated rings. The summed E-state index contributed by atoms with van der Waals surface area (Å²) in [6, 6.07) is 3.83. The summed E-state index contributed by atoms with van der Waals surface area (Å²) in [5.41, 5.74) is 0.982. The van der Waals surface area contributed by atoms with E-state index in [9.17, 15) is 30.2 Å². The molecule has 0 spiro atoms. The number of aromatic hydroxyl groups is 3. The third kappa shape index (κ3) is 8.30. The van der Waals surface area contributed by atoms with Crippen molar-refractivity contribution in [2.75, 3.05) is 20.8 Å². The summed E-state index contributed by atoms with van der Waals surface area (Å²) in [6.07, 6.45) is 10.2. The Hall–Kier alpha value is -3.95. The van der Waals surface area contributed by atoms with Gasteiger partial charge in [0.25, 0.3) is 0 Å². The van der Waals surface area contributed by atoms with Crippen LogP contribution in [0.2, 0.25) is 0 Å². The average Bonchev–Trinajstić information content (AvgIpc) is 2.87. The second kappa shape index (κ2) is 14.6. The number of carbonyl (C=O) groups excluding carboxylic acids is 1. The van der Waals surface area contributed by atoms with Crippen LogP contribution in [0.3, 0.4) is 0 Å². The highest BCUT2D eigenvalue weighted by Gasteiger charge is 2.21. The third-order valence-electron chi connectivity index (χ3n) is 5.96. The van der Waals surface area contributed by atoms with E-state index in [0.717, 1.165) is 44.9 Å². The minimum atomic E-state index is -0.698. The number of nitro benzene ring substituents is 1. The number of allylic oxidation sites excluding steroid dienone is 1. The normalized spacial score (nSPS) is 11.0. The minimum Gasteiger partial charge on any atom is -0.504 e. The first kappa shape index (κ1) is 29.3. The number of phenols is 3. The van der Waals surface area contributed by atoms with Crippen LogP contribution >= 0.6 is 0 Å². The fraction of sp³-hybridized carbons (Fsp3) is 0.444. The van der Waals surface area contributed by atoms with E-state index in [0.29, 0.717) is 23.3 Å². The Morgan fingerprint density at radius 3 is 2.24 bits per heavy atom. The van der Waals surface area contributed by atoms with Crippen molar-refractivity contribution in [3.8, 4) is 28.7 Å². The number of ether oxygens (including phenoxy) is 3. The summed E-state index contributed by atoms with van der Waals surface area (Å²) >= 11 is 0. The van der Waals surface area contributed by atoms with E-state index in [1.807, 2.05) is 6.08 Å². The maximum Gasteiger partial charge on any atom is 0.310 e. The molecule has 0 heterocycles. The standard InChI is InChI=1S/C27H35NO9/c1-18-20(25(32)27(36-3)26(35-2)24(18)31)12-10-8-6-4-5-7-9-11-15-37-23(30)17-19-13-14-22(29)21(16-19)28(33)34/h10,12-14,16,29,31-32H,4-9,11,15,17H2,1-3H3. The summed E-state index contributed by atoms with van der Waals surface area (Å²) in [5.74, 6) is -0.836. The minimum absolute atomic E-state index is 0.0631. The molecular formula is C27H35NO9. The molecule has 3 N–H and O–H groups in total. The fourth-order valence-electron chi connectivity index (χ4n) is 3.90. The lowest BCUT2D eigenvalue weighted by molar-refractivity contribution is -0.385. The quantitative estimate of drug-likeness (QED) is 0.0906. The molecule has 202 valence electrons. The fourth-order valence-corrected chi connectivity index (χ4v) is 3.90. The van der Waals surface area contributed by atoms with Gasteiger partial charge in [0.15, 0.2) is 17.2 Å². The SMILES string of the molecule is COc1c(O)c(C)c(C=CCCCCCCCCOC(=O)Cc2ccc(O)c([N+](=O)[O-])c2)c(O)c1OC. The van der Waals surface area contributed by atoms with Gasteiger partial charge in [0, 0.05) is 17.2 Å². The van der Waals surface area contributed by atoms with Gasteiger partial charge in [-0.3, -0.25) is 14.9 Å². The van der Waals surface area contributed by atoms with Crippen molar-refractivity contribution in [3.63, 3.8) is 0 Å². The number of nitro groups is 1. The van der Waals surface area contributed by atoms with Crippen LogP contribution in [0.1, 0.15) is 61.6 Å². The van der Waals surface area contributed by atoms with E-state index in [-0.39, 0.29) is 29.4 Å². The molecule has 2 rings (SSSR count). The van der Waals surface area contributed by atoms with Crippen LogP contribution in [0.25, 0.3) is 6.08 Å². The van der Waals surface area contributed by atoms with Crippen LogP contribution in [0.4, 0.5) is 5.69 Å². The van der Waals surface area contributed by atoms with Gasteiger partial charge in [-0.05, 0) is 37.8 Å². The zero-order chi connectivity index (χ0) is 27.4. The van der Waals surface area contributed by atoms with E-state index in [4.69, 9.17) is 14.2 Å². The van der Waals surface area contributed by atoms with Crippen LogP contribution in [0.5, 0.6) is 28.7 Å². The average molecular weight is 518 g/mol. The Morgan fingerprint density at radius 2 is 1.59 bits per heavy atom. The molecule has 0 aliphatic heterocycles. The van der Waals surface area contributed by atoms with E-state index in [1.165, 1.54) is 32.4 Å². The number of methoxy groups -OCH3 is 2. The molecule has 37 heavy (non-hydrogen) atoms. The topological polar surface area (TPSA) is 149 Å². The van der Waals surface area contributed by atoms with E-state index >= 15 is 0 Å². The summed E-state index contributed by atoms with van der Waals surface area (Å²) in [6.45, 7) is 2.00. The molecule has 0 aliphatic carbocycles. The second-order valence-electron chi connectivity index (χ2n) is 8.59. The first-order chi connectivity index (χ1) is 17.7. The van der Waals surface area contributed by atoms with Gasteiger partial charge in [-0.2, -0.15) is 0 Å². The van der Waals surface area contributed by atoms with E-state index in [1.54, 1.807) is 13.0 Å². The van der Waals surface area contributed by atoms with Gasteiger partial charge in [0.2, 0.25) is 11.5 Å². The predicted molar refractivity (Wildman–Crippen MR) is 138 cm³/mol. The first-order valence-electron chi connectivity index (χ1n) is 12.2. The molecule has 0 saturated carbocycles. The Morgan fingerprint density at radius 1 is 0.973 bits per heavy atom. The predicted octanol–water partition coefficient (Wildman–Crippen LogP) is 5.57. The Balaban J connectivity index is 1.62. The number of hydrogen-bond acceptors (Lipinski definition) is 9. The number of esters is 1. The highest BCUT2D eigenvalue weighted by molar-refractivity contribution is 5.74. The van der Waals surface area contributed by atoms with Crippen LogP contribution in [0, 0.1) is 17.0 Å². The molecule has 0 unspecified atom stereocenters. The highest BCUT2D eigenvalue weighted by Crippen LogP contribution is 2.48. The summed E-state index contributed by atoms with van der Waals surface area (Å²) in [4.78, 5) is 22.1. The molecule has 10 heteroatoms. The number of phenolic OH excluding ortho intramolecular Hbond substituents is 3. The van der Waals surface area contributed by atoms with Gasteiger partial charge in [0.05, 0.1) is 32.2 Å². The highest BCUT2D eigenvalue weighted by atomic mass is 16.6. The summed E-state index contributed by atoms with van der Waals surface area (Å²) in [7, 11) is 2.80. The molecule has 2 aromatic carbocycles. The van der Waals surface area contributed by atoms with Crippen molar-refractivity contribution in [2.45, 2.75) is 58.3 Å². The molecule has 0 saturated heterocycles. The molecule has 0 bridgehead atoms. The van der Waals surface area contributed by atoms with Gasteiger partial charge in [-0.1, -0.05) is 43.9 Å². The Kier molecular flexibility index (Phi) is 11.5. The largest absolute Gasteiger partial charge is 0.504 e. The molecular weight excluding hydrogens is 482 g/mol. The zero-order valence-corrected chi connectivity index (χ0v) is 21.5. The molecule has 10 nitrogen and oxygen atoms in total. The maximum atomic E-state index is 11.9. The Labute approximate surface area is 216 Å². The molecule has 0 atom stereocenters. The lowest BCUT2D eigenvalue weighted by Gasteiger charge is -2.16. The Bertz CT molecular complexity index is 1110. The smallest absolute Gasteiger partial charge is 0.310 e. The summed E-state index contributed by atoms with van der Waals surface area (Å²) < 4.78 is 15.5. The molecule has 2 aromatic rings. The number of nitrogens with zero attached hydrogens (tertiary/aromatic N) is 1. The third-order valence-corrected chi connectivity index (χ3v) is 5.96. The van der Waals surface area contributed by atoms with Crippen molar-refractivity contribution >= 4 is 17.7 Å². The van der Waals surface area contributed by atoms with E-state index < -0.39 is 22.3 Å². The second-order valence-corrected chi connectivity index (χ2v) is 8.59. The van der Waals surface area contributed by atoms with Crippen LogP contribution in [-0.2, 0) is 16.0 Å². The number of unbranched alkanes of at least 4 members (excludes halogenated alkanes) is 6. The van der Waals surface area contributed by atoms with Crippen molar-refractivity contribution < 1.29 is 39.2 Å². The van der Waals surface area contributed by atoms with E-state index in [2.05, 4.69) is 0 Å². The van der Waals surface area contributed by atoms with Gasteiger partial charge in [-0.25, -0.2) is 0 Å². The maximum absolute atomic E-state index is 11.9. The van der Waals surface area contributed by atoms with Crippen LogP contribution < -0.4 is 9.47 Å². The number of carbonyl (C=O) groups is 1.